The molecule has 0 radical (unpaired) electrons. The third kappa shape index (κ3) is 14.5. The van der Waals surface area contributed by atoms with E-state index in [-0.39, 0.29) is 0 Å². The van der Waals surface area contributed by atoms with Crippen molar-refractivity contribution >= 4 is 11.8 Å². The van der Waals surface area contributed by atoms with E-state index >= 15 is 0 Å². The standard InChI is InChI=1S/C46H78N2O35/c1-10-21(57)26(62)30(66)43(71-10)80-36-18(9-54)77-42(20(48-12(3)56)37(36)81-44-31(67)27(63)22(58)13(4-49)73-44)83-39-24(60)15(6-51)74-45(33(39)69)78-34-17(8-53)76-41(19(25(34)61)47-11(2)55)82-38-23(59)14(5-50)75-46(32(38)68)79-35-16(7-52)72-40(70)29(65)28(35)64/h10,13-46,49-54,57-70H,4-9H2,1-3H3,(H,47,55)(H,48,56)/t10?,13?,14?,15?,16?,17?,18?,19?,20?,21-,22+,23+,24+,25-,26?,27+,28-,29?,30?,31?,32?,33?,34-,35-,36-,37-,38+,39+,40?,41+,42+,43+,44+,45+,46+/m1/s1. The highest BCUT2D eigenvalue weighted by Crippen LogP contribution is 2.39. The summed E-state index contributed by atoms with van der Waals surface area (Å²) in [7, 11) is 0. The summed E-state index contributed by atoms with van der Waals surface area (Å²) in [6, 6.07) is -3.71. The number of hydrogen-bond donors (Lipinski definition) is 22. The monoisotopic (exact) mass is 1220 g/mol. The Balaban J connectivity index is 1.15. The van der Waals surface area contributed by atoms with Crippen LogP contribution in [0.1, 0.15) is 20.8 Å². The van der Waals surface area contributed by atoms with Gasteiger partial charge in [0.25, 0.3) is 0 Å². The van der Waals surface area contributed by atoms with Gasteiger partial charge in [0.1, 0.15) is 165 Å². The third-order valence-electron chi connectivity index (χ3n) is 15.3. The van der Waals surface area contributed by atoms with Gasteiger partial charge in [-0.05, 0) is 6.92 Å². The molecule has 2 amide bonds. The molecule has 0 aromatic rings. The Morgan fingerprint density at radius 1 is 0.313 bits per heavy atom. The second-order valence-electron chi connectivity index (χ2n) is 21.0. The Morgan fingerprint density at radius 3 is 1.12 bits per heavy atom. The lowest BCUT2D eigenvalue weighted by molar-refractivity contribution is -0.393. The van der Waals surface area contributed by atoms with Crippen molar-refractivity contribution in [3.8, 4) is 0 Å². The number of aliphatic hydroxyl groups excluding tert-OH is 20. The zero-order valence-electron chi connectivity index (χ0n) is 44.5. The molecule has 7 saturated heterocycles. The Kier molecular flexibility index (Phi) is 24.0. The van der Waals surface area contributed by atoms with Crippen molar-refractivity contribution in [1.82, 2.24) is 10.6 Å². The highest BCUT2D eigenvalue weighted by Gasteiger charge is 2.59. The van der Waals surface area contributed by atoms with Crippen molar-refractivity contribution in [3.05, 3.63) is 0 Å². The Hall–Kier alpha value is -2.38. The van der Waals surface area contributed by atoms with Crippen LogP contribution in [0.15, 0.2) is 0 Å². The van der Waals surface area contributed by atoms with Crippen molar-refractivity contribution in [3.63, 3.8) is 0 Å². The van der Waals surface area contributed by atoms with Crippen LogP contribution in [0.5, 0.6) is 0 Å². The second-order valence-corrected chi connectivity index (χ2v) is 21.0. The molecule has 37 heteroatoms. The Labute approximate surface area is 470 Å². The van der Waals surface area contributed by atoms with Crippen LogP contribution >= 0.6 is 0 Å². The number of amides is 2. The van der Waals surface area contributed by atoms with E-state index in [0.29, 0.717) is 0 Å². The van der Waals surface area contributed by atoms with Crippen molar-refractivity contribution in [2.45, 2.75) is 236 Å². The van der Waals surface area contributed by atoms with Crippen molar-refractivity contribution in [2.24, 2.45) is 0 Å². The molecule has 7 heterocycles. The van der Waals surface area contributed by atoms with Gasteiger partial charge >= 0.3 is 0 Å². The van der Waals surface area contributed by atoms with Gasteiger partial charge < -0.3 is 174 Å². The molecule has 16 unspecified atom stereocenters. The van der Waals surface area contributed by atoms with Gasteiger partial charge in [-0.3, -0.25) is 9.59 Å². The maximum absolute atomic E-state index is 13.1. The van der Waals surface area contributed by atoms with Crippen molar-refractivity contribution in [2.75, 3.05) is 39.6 Å². The summed E-state index contributed by atoms with van der Waals surface area (Å²) in [6.45, 7) is -2.89. The van der Waals surface area contributed by atoms with Crippen LogP contribution in [-0.4, -0.2) is 368 Å². The first-order chi connectivity index (χ1) is 39.2. The summed E-state index contributed by atoms with van der Waals surface area (Å²) in [4.78, 5) is 25.8. The van der Waals surface area contributed by atoms with Gasteiger partial charge in [0, 0.05) is 13.8 Å². The lowest BCUT2D eigenvalue weighted by Gasteiger charge is -2.52. The van der Waals surface area contributed by atoms with E-state index in [9.17, 15) is 112 Å². The number of carbonyl (C=O) groups is 2. The summed E-state index contributed by atoms with van der Waals surface area (Å²) in [5.74, 6) is -1.80. The van der Waals surface area contributed by atoms with Crippen LogP contribution in [0.3, 0.4) is 0 Å². The van der Waals surface area contributed by atoms with Crippen LogP contribution in [0.2, 0.25) is 0 Å². The summed E-state index contributed by atoms with van der Waals surface area (Å²) in [5, 5.41) is 220. The summed E-state index contributed by atoms with van der Waals surface area (Å²) in [6.07, 6.45) is -63.7. The minimum absolute atomic E-state index is 0.889. The molecule has 83 heavy (non-hydrogen) atoms. The molecular formula is C46H78N2O35. The lowest BCUT2D eigenvalue weighted by Crippen LogP contribution is -2.71. The van der Waals surface area contributed by atoms with E-state index in [2.05, 4.69) is 10.6 Å². The van der Waals surface area contributed by atoms with Crippen LogP contribution in [0, 0.1) is 0 Å². The Bertz CT molecular complexity index is 2040. The lowest BCUT2D eigenvalue weighted by atomic mass is 9.93. The third-order valence-corrected chi connectivity index (χ3v) is 15.3. The van der Waals surface area contributed by atoms with Gasteiger partial charge in [-0.2, -0.15) is 0 Å². The zero-order chi connectivity index (χ0) is 61.2. The van der Waals surface area contributed by atoms with E-state index in [4.69, 9.17) is 61.6 Å². The molecule has 37 nitrogen and oxygen atoms in total. The van der Waals surface area contributed by atoms with Crippen LogP contribution in [0.25, 0.3) is 0 Å². The number of hydrogen-bond acceptors (Lipinski definition) is 35. The van der Waals surface area contributed by atoms with Crippen molar-refractivity contribution in [1.29, 1.82) is 0 Å². The normalized spacial score (nSPS) is 50.8. The number of ether oxygens (including phenoxy) is 13. The van der Waals surface area contributed by atoms with Gasteiger partial charge in [0.2, 0.25) is 11.8 Å². The second kappa shape index (κ2) is 29.3. The zero-order valence-corrected chi connectivity index (χ0v) is 44.5. The highest BCUT2D eigenvalue weighted by molar-refractivity contribution is 5.73. The maximum atomic E-state index is 13.1. The van der Waals surface area contributed by atoms with Gasteiger partial charge in [0.15, 0.2) is 44.0 Å². The number of rotatable bonds is 20. The first-order valence-electron chi connectivity index (χ1n) is 26.5. The number of nitrogens with one attached hydrogen (secondary N) is 2. The molecular weight excluding hydrogens is 1140 g/mol. The fourth-order valence-corrected chi connectivity index (χ4v) is 10.7. The molecule has 35 atom stereocenters. The van der Waals surface area contributed by atoms with E-state index < -0.39 is 266 Å². The van der Waals surface area contributed by atoms with Gasteiger partial charge in [0.05, 0.1) is 45.7 Å². The van der Waals surface area contributed by atoms with Crippen LogP contribution in [0.4, 0.5) is 0 Å². The molecule has 7 aliphatic rings. The highest BCUT2D eigenvalue weighted by atomic mass is 16.8. The summed E-state index contributed by atoms with van der Waals surface area (Å²) >= 11 is 0. The summed E-state index contributed by atoms with van der Waals surface area (Å²) in [5.41, 5.74) is 0. The van der Waals surface area contributed by atoms with Crippen molar-refractivity contribution < 1.29 is 173 Å². The topological polar surface area (TPSA) is 583 Å². The molecule has 0 aliphatic carbocycles. The molecule has 0 saturated carbocycles. The Morgan fingerprint density at radius 2 is 0.651 bits per heavy atom. The molecule has 0 aromatic heterocycles. The predicted octanol–water partition coefficient (Wildman–Crippen LogP) is -15.0. The fourth-order valence-electron chi connectivity index (χ4n) is 10.7. The van der Waals surface area contributed by atoms with Gasteiger partial charge in [-0.1, -0.05) is 0 Å². The molecule has 0 spiro atoms. The number of aliphatic hydroxyl groups is 20. The first kappa shape index (κ1) is 68.1. The van der Waals surface area contributed by atoms with E-state index in [1.807, 2.05) is 0 Å². The minimum atomic E-state index is -2.32. The van der Waals surface area contributed by atoms with E-state index in [1.54, 1.807) is 0 Å². The predicted molar refractivity (Wildman–Crippen MR) is 254 cm³/mol. The first-order valence-corrected chi connectivity index (χ1v) is 26.5. The SMILES string of the molecule is CC(=O)NC1[C@H](O[C@@H]2C(O)[C@H](O[C@@H]3C(CO)OC(O)C(O)[C@H]3O)OC(CO)[C@@H]2O)OC(CO)[C@@H](O[C@@H]2OC(CO)[C@H](O)[C@H](O[C@@H]3OC(CO)[C@@H](O[C@@H]4OC(C)[C@@H](O)C(O)C4O)[C@H](O[C@@H]4OC(CO)[C@H](O)[C@H](O)C4O)C3NC(C)=O)C2O)[C@@H]1O. The molecule has 0 bridgehead atoms. The average molecular weight is 1220 g/mol. The minimum Gasteiger partial charge on any atom is -0.394 e. The molecule has 482 valence electrons. The molecule has 22 N–H and O–H groups in total. The quantitative estimate of drug-likeness (QED) is 0.0538. The van der Waals surface area contributed by atoms with E-state index in [0.717, 1.165) is 13.8 Å². The van der Waals surface area contributed by atoms with Crippen LogP contribution in [-0.2, 0) is 71.2 Å². The van der Waals surface area contributed by atoms with E-state index in [1.165, 1.54) is 6.92 Å². The van der Waals surface area contributed by atoms with Gasteiger partial charge in [-0.15, -0.1) is 0 Å². The molecule has 7 fully saturated rings. The van der Waals surface area contributed by atoms with Crippen LogP contribution < -0.4 is 10.6 Å². The molecule has 7 rings (SSSR count). The summed E-state index contributed by atoms with van der Waals surface area (Å²) < 4.78 is 75.4. The van der Waals surface area contributed by atoms with Gasteiger partial charge in [-0.25, -0.2) is 0 Å². The fraction of sp³-hybridized carbons (Fsp3) is 0.957. The average Bonchev–Trinajstić information content (AvgIpc) is 3.66. The smallest absolute Gasteiger partial charge is 0.217 e. The maximum Gasteiger partial charge on any atom is 0.217 e. The largest absolute Gasteiger partial charge is 0.394 e. The molecule has 0 aromatic carbocycles. The number of carbonyl (C=O) groups excluding carboxylic acids is 2. The molecule has 7 aliphatic heterocycles.